The number of alkyl halides is 3. The highest BCUT2D eigenvalue weighted by Crippen LogP contribution is 2.23. The lowest BCUT2D eigenvalue weighted by Crippen LogP contribution is -2.52. The maximum atomic E-state index is 12.5. The Hall–Kier alpha value is -2.55. The number of anilines is 2. The SMILES string of the molecule is O=C(Nc1ccc(N2CCN(C(=O)C(F)(F)F)CC2)cc1)c1cccc(Br)c1. The van der Waals surface area contributed by atoms with E-state index < -0.39 is 12.1 Å². The minimum Gasteiger partial charge on any atom is -0.368 e. The van der Waals surface area contributed by atoms with Gasteiger partial charge in [-0.3, -0.25) is 9.59 Å². The van der Waals surface area contributed by atoms with Crippen molar-refractivity contribution in [2.75, 3.05) is 36.4 Å². The normalized spacial score (nSPS) is 14.7. The fourth-order valence-corrected chi connectivity index (χ4v) is 3.33. The maximum absolute atomic E-state index is 12.5. The van der Waals surface area contributed by atoms with E-state index in [2.05, 4.69) is 21.2 Å². The van der Waals surface area contributed by atoms with E-state index >= 15 is 0 Å². The van der Waals surface area contributed by atoms with Crippen molar-refractivity contribution in [1.29, 1.82) is 0 Å². The molecule has 2 aromatic rings. The number of carbonyl (C=O) groups excluding carboxylic acids is 2. The Labute approximate surface area is 168 Å². The van der Waals surface area contributed by atoms with Gasteiger partial charge in [-0.25, -0.2) is 0 Å². The van der Waals surface area contributed by atoms with Crippen LogP contribution in [0.5, 0.6) is 0 Å². The number of amides is 2. The highest BCUT2D eigenvalue weighted by molar-refractivity contribution is 9.10. The molecule has 2 amide bonds. The summed E-state index contributed by atoms with van der Waals surface area (Å²) in [6, 6.07) is 14.1. The lowest BCUT2D eigenvalue weighted by atomic mass is 10.2. The number of halogens is 4. The summed E-state index contributed by atoms with van der Waals surface area (Å²) in [5, 5.41) is 2.80. The van der Waals surface area contributed by atoms with E-state index in [0.717, 1.165) is 15.1 Å². The van der Waals surface area contributed by atoms with Gasteiger partial charge in [0.05, 0.1) is 0 Å². The van der Waals surface area contributed by atoms with Crippen molar-refractivity contribution in [3.63, 3.8) is 0 Å². The van der Waals surface area contributed by atoms with Crippen LogP contribution in [0.25, 0.3) is 0 Å². The number of nitrogens with one attached hydrogen (secondary N) is 1. The van der Waals surface area contributed by atoms with Crippen molar-refractivity contribution < 1.29 is 22.8 Å². The van der Waals surface area contributed by atoms with Gasteiger partial charge in [0, 0.05) is 47.6 Å². The van der Waals surface area contributed by atoms with Gasteiger partial charge in [0.25, 0.3) is 5.91 Å². The zero-order valence-corrected chi connectivity index (χ0v) is 16.3. The highest BCUT2D eigenvalue weighted by Gasteiger charge is 2.43. The minimum atomic E-state index is -4.84. The van der Waals surface area contributed by atoms with Crippen LogP contribution in [0.3, 0.4) is 0 Å². The average Bonchev–Trinajstić information content (AvgIpc) is 2.67. The van der Waals surface area contributed by atoms with Crippen LogP contribution < -0.4 is 10.2 Å². The Balaban J connectivity index is 1.58. The number of benzene rings is 2. The zero-order valence-electron chi connectivity index (χ0n) is 14.7. The molecule has 0 spiro atoms. The van der Waals surface area contributed by atoms with Crippen LogP contribution in [-0.2, 0) is 4.79 Å². The fourth-order valence-electron chi connectivity index (χ4n) is 2.94. The third kappa shape index (κ3) is 4.83. The second kappa shape index (κ2) is 8.22. The third-order valence-electron chi connectivity index (χ3n) is 4.39. The van der Waals surface area contributed by atoms with E-state index in [-0.39, 0.29) is 19.0 Å². The molecule has 5 nitrogen and oxygen atoms in total. The molecule has 148 valence electrons. The fraction of sp³-hybridized carbons (Fsp3) is 0.263. The van der Waals surface area contributed by atoms with Crippen LogP contribution in [0.4, 0.5) is 24.5 Å². The second-order valence-corrected chi connectivity index (χ2v) is 7.20. The molecule has 0 saturated carbocycles. The first-order chi connectivity index (χ1) is 13.2. The number of hydrogen-bond acceptors (Lipinski definition) is 3. The molecule has 1 heterocycles. The molecule has 1 fully saturated rings. The van der Waals surface area contributed by atoms with E-state index in [0.29, 0.717) is 24.3 Å². The molecule has 0 aliphatic carbocycles. The largest absolute Gasteiger partial charge is 0.471 e. The van der Waals surface area contributed by atoms with Gasteiger partial charge in [-0.15, -0.1) is 0 Å². The molecule has 1 saturated heterocycles. The number of rotatable bonds is 3. The van der Waals surface area contributed by atoms with Crippen molar-refractivity contribution in [2.45, 2.75) is 6.18 Å². The molecule has 9 heteroatoms. The average molecular weight is 456 g/mol. The molecule has 2 aromatic carbocycles. The van der Waals surface area contributed by atoms with Gasteiger partial charge in [0.1, 0.15) is 0 Å². The quantitative estimate of drug-likeness (QED) is 0.763. The van der Waals surface area contributed by atoms with E-state index in [1.165, 1.54) is 0 Å². The Morgan fingerprint density at radius 3 is 2.18 bits per heavy atom. The van der Waals surface area contributed by atoms with Gasteiger partial charge in [-0.2, -0.15) is 13.2 Å². The molecule has 0 bridgehead atoms. The van der Waals surface area contributed by atoms with Gasteiger partial charge in [-0.1, -0.05) is 22.0 Å². The van der Waals surface area contributed by atoms with Crippen LogP contribution >= 0.6 is 15.9 Å². The molecule has 0 radical (unpaired) electrons. The van der Waals surface area contributed by atoms with E-state index in [1.54, 1.807) is 42.5 Å². The molecule has 1 aliphatic heterocycles. The van der Waals surface area contributed by atoms with Gasteiger partial charge in [0.15, 0.2) is 0 Å². The smallest absolute Gasteiger partial charge is 0.368 e. The first-order valence-electron chi connectivity index (χ1n) is 8.52. The predicted molar refractivity (Wildman–Crippen MR) is 103 cm³/mol. The topological polar surface area (TPSA) is 52.7 Å². The molecular weight excluding hydrogens is 439 g/mol. The molecule has 0 atom stereocenters. The van der Waals surface area contributed by atoms with Crippen molar-refractivity contribution in [2.24, 2.45) is 0 Å². The summed E-state index contributed by atoms with van der Waals surface area (Å²) in [5.74, 6) is -2.04. The lowest BCUT2D eigenvalue weighted by Gasteiger charge is -2.36. The number of hydrogen-bond donors (Lipinski definition) is 1. The van der Waals surface area contributed by atoms with Gasteiger partial charge >= 0.3 is 12.1 Å². The van der Waals surface area contributed by atoms with Crippen LogP contribution in [0.2, 0.25) is 0 Å². The van der Waals surface area contributed by atoms with Crippen molar-refractivity contribution in [3.05, 3.63) is 58.6 Å². The summed E-state index contributed by atoms with van der Waals surface area (Å²) in [6.45, 7) is 0.649. The first kappa shape index (κ1) is 20.2. The summed E-state index contributed by atoms with van der Waals surface area (Å²) >= 11 is 3.32. The summed E-state index contributed by atoms with van der Waals surface area (Å²) in [4.78, 5) is 26.3. The van der Waals surface area contributed by atoms with Crippen LogP contribution in [0, 0.1) is 0 Å². The van der Waals surface area contributed by atoms with Crippen molar-refractivity contribution in [1.82, 2.24) is 4.90 Å². The lowest BCUT2D eigenvalue weighted by molar-refractivity contribution is -0.185. The Morgan fingerprint density at radius 1 is 0.964 bits per heavy atom. The monoisotopic (exact) mass is 455 g/mol. The van der Waals surface area contributed by atoms with E-state index in [1.807, 2.05) is 11.0 Å². The zero-order chi connectivity index (χ0) is 20.3. The van der Waals surface area contributed by atoms with E-state index in [9.17, 15) is 22.8 Å². The van der Waals surface area contributed by atoms with Gasteiger partial charge in [-0.05, 0) is 42.5 Å². The highest BCUT2D eigenvalue weighted by atomic mass is 79.9. The Bertz CT molecular complexity index is 863. The molecule has 28 heavy (non-hydrogen) atoms. The second-order valence-electron chi connectivity index (χ2n) is 6.29. The summed E-state index contributed by atoms with van der Waals surface area (Å²) in [7, 11) is 0. The minimum absolute atomic E-state index is 0.0136. The van der Waals surface area contributed by atoms with Crippen molar-refractivity contribution >= 4 is 39.1 Å². The molecule has 1 aliphatic rings. The van der Waals surface area contributed by atoms with Crippen LogP contribution in [0.15, 0.2) is 53.0 Å². The number of carbonyl (C=O) groups is 2. The van der Waals surface area contributed by atoms with Gasteiger partial charge in [0.2, 0.25) is 0 Å². The van der Waals surface area contributed by atoms with Crippen LogP contribution in [-0.4, -0.2) is 49.1 Å². The summed E-state index contributed by atoms with van der Waals surface area (Å²) in [6.07, 6.45) is -4.84. The Morgan fingerprint density at radius 2 is 1.61 bits per heavy atom. The molecule has 1 N–H and O–H groups in total. The predicted octanol–water partition coefficient (Wildman–Crippen LogP) is 3.91. The van der Waals surface area contributed by atoms with Gasteiger partial charge < -0.3 is 15.1 Å². The maximum Gasteiger partial charge on any atom is 0.471 e. The number of piperazine rings is 1. The van der Waals surface area contributed by atoms with E-state index in [4.69, 9.17) is 0 Å². The summed E-state index contributed by atoms with van der Waals surface area (Å²) in [5.41, 5.74) is 1.95. The Kier molecular flexibility index (Phi) is 5.93. The number of nitrogens with zero attached hydrogens (tertiary/aromatic N) is 2. The summed E-state index contributed by atoms with van der Waals surface area (Å²) < 4.78 is 38.3. The molecule has 3 rings (SSSR count). The van der Waals surface area contributed by atoms with Crippen LogP contribution in [0.1, 0.15) is 10.4 Å². The third-order valence-corrected chi connectivity index (χ3v) is 4.88. The van der Waals surface area contributed by atoms with Crippen molar-refractivity contribution in [3.8, 4) is 0 Å². The molecule has 0 aromatic heterocycles. The standard InChI is InChI=1S/C19H17BrF3N3O2/c20-14-3-1-2-13(12-14)17(27)24-15-4-6-16(7-5-15)25-8-10-26(11-9-25)18(28)19(21,22)23/h1-7,12H,8-11H2,(H,24,27). The first-order valence-corrected chi connectivity index (χ1v) is 9.31. The molecular formula is C19H17BrF3N3O2. The molecule has 0 unspecified atom stereocenters.